The molecule has 0 fully saturated rings. The highest BCUT2D eigenvalue weighted by Gasteiger charge is 2.16. The van der Waals surface area contributed by atoms with Crippen molar-refractivity contribution in [2.24, 2.45) is 5.73 Å². The predicted molar refractivity (Wildman–Crippen MR) is 68.5 cm³/mol. The molecule has 3 heteroatoms. The molecule has 18 heavy (non-hydrogen) atoms. The van der Waals surface area contributed by atoms with Gasteiger partial charge in [-0.25, -0.2) is 4.39 Å². The van der Waals surface area contributed by atoms with Gasteiger partial charge in [-0.2, -0.15) is 0 Å². The van der Waals surface area contributed by atoms with Gasteiger partial charge in [0.05, 0.1) is 0 Å². The van der Waals surface area contributed by atoms with Gasteiger partial charge < -0.3 is 5.73 Å². The first kappa shape index (κ1) is 12.3. The Morgan fingerprint density at radius 1 is 1.06 bits per heavy atom. The second-order valence-electron chi connectivity index (χ2n) is 4.19. The van der Waals surface area contributed by atoms with E-state index >= 15 is 0 Å². The van der Waals surface area contributed by atoms with Gasteiger partial charge >= 0.3 is 0 Å². The van der Waals surface area contributed by atoms with Gasteiger partial charge in [0.2, 0.25) is 5.91 Å². The summed E-state index contributed by atoms with van der Waals surface area (Å²) < 4.78 is 13.3. The van der Waals surface area contributed by atoms with Gasteiger partial charge in [-0.05, 0) is 23.3 Å². The lowest BCUT2D eigenvalue weighted by atomic mass is 9.88. The van der Waals surface area contributed by atoms with E-state index in [2.05, 4.69) is 0 Å². The second-order valence-corrected chi connectivity index (χ2v) is 4.19. The Hall–Kier alpha value is -2.16. The van der Waals surface area contributed by atoms with Crippen LogP contribution in [0.2, 0.25) is 0 Å². The van der Waals surface area contributed by atoms with Gasteiger partial charge in [-0.3, -0.25) is 4.79 Å². The zero-order chi connectivity index (χ0) is 13.0. The fourth-order valence-electron chi connectivity index (χ4n) is 2.04. The molecule has 0 radical (unpaired) electrons. The van der Waals surface area contributed by atoms with Crippen LogP contribution in [0.1, 0.15) is 23.5 Å². The molecule has 1 atom stereocenters. The summed E-state index contributed by atoms with van der Waals surface area (Å²) in [5.74, 6) is -0.898. The molecule has 0 aliphatic rings. The molecule has 0 aliphatic carbocycles. The van der Waals surface area contributed by atoms with Crippen molar-refractivity contribution in [2.45, 2.75) is 12.3 Å². The first-order valence-corrected chi connectivity index (χ1v) is 5.75. The maximum absolute atomic E-state index is 13.3. The SMILES string of the molecule is NC(=O)CC(c1ccccc1)c1cccc(F)c1. The van der Waals surface area contributed by atoms with Crippen LogP contribution in [0.4, 0.5) is 4.39 Å². The predicted octanol–water partition coefficient (Wildman–Crippen LogP) is 2.83. The van der Waals surface area contributed by atoms with E-state index in [1.165, 1.54) is 12.1 Å². The molecule has 2 N–H and O–H groups in total. The second kappa shape index (κ2) is 5.45. The summed E-state index contributed by atoms with van der Waals surface area (Å²) >= 11 is 0. The third-order valence-electron chi connectivity index (χ3n) is 2.86. The summed E-state index contributed by atoms with van der Waals surface area (Å²) in [6.45, 7) is 0. The van der Waals surface area contributed by atoms with E-state index in [0.29, 0.717) is 0 Å². The zero-order valence-corrected chi connectivity index (χ0v) is 9.84. The Morgan fingerprint density at radius 2 is 1.72 bits per heavy atom. The molecule has 0 saturated carbocycles. The lowest BCUT2D eigenvalue weighted by Gasteiger charge is -2.16. The molecule has 0 aromatic heterocycles. The van der Waals surface area contributed by atoms with Crippen LogP contribution >= 0.6 is 0 Å². The molecule has 0 heterocycles. The molecule has 92 valence electrons. The summed E-state index contributed by atoms with van der Waals surface area (Å²) in [7, 11) is 0. The molecule has 0 spiro atoms. The van der Waals surface area contributed by atoms with Crippen molar-refractivity contribution in [1.82, 2.24) is 0 Å². The number of halogens is 1. The van der Waals surface area contributed by atoms with E-state index in [0.717, 1.165) is 11.1 Å². The van der Waals surface area contributed by atoms with Crippen molar-refractivity contribution in [3.8, 4) is 0 Å². The quantitative estimate of drug-likeness (QED) is 0.881. The summed E-state index contributed by atoms with van der Waals surface area (Å²) in [5, 5.41) is 0. The van der Waals surface area contributed by atoms with Gasteiger partial charge in [-0.15, -0.1) is 0 Å². The van der Waals surface area contributed by atoms with Crippen LogP contribution in [0.25, 0.3) is 0 Å². The number of carbonyl (C=O) groups excluding carboxylic acids is 1. The highest BCUT2D eigenvalue weighted by molar-refractivity contribution is 5.75. The van der Waals surface area contributed by atoms with E-state index in [9.17, 15) is 9.18 Å². The Balaban J connectivity index is 2.40. The summed E-state index contributed by atoms with van der Waals surface area (Å²) in [4.78, 5) is 11.2. The van der Waals surface area contributed by atoms with E-state index < -0.39 is 5.91 Å². The average molecular weight is 243 g/mol. The zero-order valence-electron chi connectivity index (χ0n) is 9.84. The fraction of sp³-hybridized carbons (Fsp3) is 0.133. The number of carbonyl (C=O) groups is 1. The molecule has 2 aromatic rings. The van der Waals surface area contributed by atoms with Crippen LogP contribution in [0.3, 0.4) is 0 Å². The molecule has 0 aliphatic heterocycles. The Kier molecular flexibility index (Phi) is 3.72. The van der Waals surface area contributed by atoms with E-state index in [1.807, 2.05) is 36.4 Å². The van der Waals surface area contributed by atoms with Crippen molar-refractivity contribution < 1.29 is 9.18 Å². The molecule has 2 nitrogen and oxygen atoms in total. The van der Waals surface area contributed by atoms with E-state index in [4.69, 9.17) is 5.73 Å². The first-order chi connectivity index (χ1) is 8.66. The van der Waals surface area contributed by atoms with Crippen LogP contribution in [-0.2, 0) is 4.79 Å². The minimum atomic E-state index is -0.395. The maximum Gasteiger partial charge on any atom is 0.218 e. The van der Waals surface area contributed by atoms with Crippen molar-refractivity contribution in [3.63, 3.8) is 0 Å². The minimum absolute atomic E-state index is 0.174. The molecule has 1 amide bonds. The van der Waals surface area contributed by atoms with Crippen LogP contribution in [-0.4, -0.2) is 5.91 Å². The van der Waals surface area contributed by atoms with Gasteiger partial charge in [0.1, 0.15) is 5.82 Å². The number of nitrogens with two attached hydrogens (primary N) is 1. The number of primary amides is 1. The largest absolute Gasteiger partial charge is 0.370 e. The van der Waals surface area contributed by atoms with Crippen molar-refractivity contribution in [1.29, 1.82) is 0 Å². The Bertz CT molecular complexity index is 539. The molecule has 0 saturated heterocycles. The standard InChI is InChI=1S/C15H14FNO/c16-13-8-4-7-12(9-13)14(10-15(17)18)11-5-2-1-3-6-11/h1-9,14H,10H2,(H2,17,18). The monoisotopic (exact) mass is 243 g/mol. The first-order valence-electron chi connectivity index (χ1n) is 5.75. The van der Waals surface area contributed by atoms with Gasteiger partial charge in [-0.1, -0.05) is 42.5 Å². The van der Waals surface area contributed by atoms with Crippen molar-refractivity contribution in [2.75, 3.05) is 0 Å². The Labute approximate surface area is 105 Å². The van der Waals surface area contributed by atoms with Crippen LogP contribution < -0.4 is 5.73 Å². The van der Waals surface area contributed by atoms with E-state index in [-0.39, 0.29) is 18.2 Å². The van der Waals surface area contributed by atoms with Gasteiger partial charge in [0.15, 0.2) is 0 Å². The third kappa shape index (κ3) is 2.94. The summed E-state index contributed by atoms with van der Waals surface area (Å²) in [6, 6.07) is 15.8. The van der Waals surface area contributed by atoms with Crippen molar-refractivity contribution in [3.05, 3.63) is 71.5 Å². The number of amides is 1. The average Bonchev–Trinajstić information content (AvgIpc) is 2.37. The summed E-state index contributed by atoms with van der Waals surface area (Å²) in [5.41, 5.74) is 7.00. The highest BCUT2D eigenvalue weighted by Crippen LogP contribution is 2.27. The topological polar surface area (TPSA) is 43.1 Å². The summed E-state index contributed by atoms with van der Waals surface area (Å²) in [6.07, 6.45) is 0.174. The normalized spacial score (nSPS) is 12.1. The third-order valence-corrected chi connectivity index (χ3v) is 2.86. The Morgan fingerprint density at radius 3 is 2.33 bits per heavy atom. The van der Waals surface area contributed by atoms with Gasteiger partial charge in [0, 0.05) is 12.3 Å². The lowest BCUT2D eigenvalue weighted by molar-refractivity contribution is -0.118. The number of benzene rings is 2. The minimum Gasteiger partial charge on any atom is -0.370 e. The highest BCUT2D eigenvalue weighted by atomic mass is 19.1. The van der Waals surface area contributed by atoms with Crippen molar-refractivity contribution >= 4 is 5.91 Å². The van der Waals surface area contributed by atoms with Crippen LogP contribution in [0.5, 0.6) is 0 Å². The number of hydrogen-bond acceptors (Lipinski definition) is 1. The smallest absolute Gasteiger partial charge is 0.218 e. The molecule has 2 rings (SSSR count). The lowest BCUT2D eigenvalue weighted by Crippen LogP contribution is -2.16. The number of hydrogen-bond donors (Lipinski definition) is 1. The maximum atomic E-state index is 13.3. The number of rotatable bonds is 4. The molecular formula is C15H14FNO. The van der Waals surface area contributed by atoms with Gasteiger partial charge in [0.25, 0.3) is 0 Å². The molecule has 2 aromatic carbocycles. The molecular weight excluding hydrogens is 229 g/mol. The fourth-order valence-corrected chi connectivity index (χ4v) is 2.04. The molecule has 0 bridgehead atoms. The van der Waals surface area contributed by atoms with Crippen LogP contribution in [0, 0.1) is 5.82 Å². The van der Waals surface area contributed by atoms with Crippen LogP contribution in [0.15, 0.2) is 54.6 Å². The molecule has 1 unspecified atom stereocenters. The van der Waals surface area contributed by atoms with E-state index in [1.54, 1.807) is 6.07 Å².